The van der Waals surface area contributed by atoms with Crippen LogP contribution in [0.1, 0.15) is 27.8 Å². The molecule has 0 unspecified atom stereocenters. The maximum absolute atomic E-state index is 12.6. The summed E-state index contributed by atoms with van der Waals surface area (Å²) in [5, 5.41) is 6.64. The third kappa shape index (κ3) is 4.54. The second kappa shape index (κ2) is 7.52. The fourth-order valence-electron chi connectivity index (χ4n) is 2.94. The minimum absolute atomic E-state index is 0.567. The predicted octanol–water partition coefficient (Wildman–Crippen LogP) is 6.20. The van der Waals surface area contributed by atoms with Crippen LogP contribution in [0.4, 0.5) is 18.3 Å². The van der Waals surface area contributed by atoms with E-state index < -0.39 is 11.7 Å². The molecule has 1 aromatic heterocycles. The van der Waals surface area contributed by atoms with Gasteiger partial charge in [-0.05, 0) is 49.6 Å². The first kappa shape index (κ1) is 19.1. The molecule has 0 atom stereocenters. The van der Waals surface area contributed by atoms with Crippen LogP contribution in [0.25, 0.3) is 11.3 Å². The number of alkyl halides is 3. The summed E-state index contributed by atoms with van der Waals surface area (Å²) in [6.07, 6.45) is -2.87. The summed E-state index contributed by atoms with van der Waals surface area (Å²) in [5.41, 5.74) is 8.25. The van der Waals surface area contributed by atoms with Crippen LogP contribution >= 0.6 is 11.3 Å². The second-order valence-corrected chi connectivity index (χ2v) is 7.16. The maximum Gasteiger partial charge on any atom is 0.416 e. The molecule has 0 spiro atoms. The second-order valence-electron chi connectivity index (χ2n) is 6.30. The van der Waals surface area contributed by atoms with Crippen molar-refractivity contribution in [2.75, 3.05) is 5.43 Å². The van der Waals surface area contributed by atoms with Crippen molar-refractivity contribution in [1.29, 1.82) is 0 Å². The van der Waals surface area contributed by atoms with Gasteiger partial charge >= 0.3 is 6.18 Å². The molecule has 7 heteroatoms. The standard InChI is InChI=1S/C20H18F3N3S/c1-12-8-13(2)18(14(3)9-12)17-11-27-19(25-17)26-24-10-15-4-6-16(7-5-15)20(21,22)23/h4-11H,1-3H3,(H,25,26)/b24-10-. The number of benzene rings is 2. The Kier molecular flexibility index (Phi) is 5.32. The lowest BCUT2D eigenvalue weighted by Gasteiger charge is -2.08. The number of thiazole rings is 1. The highest BCUT2D eigenvalue weighted by Crippen LogP contribution is 2.31. The number of nitrogens with one attached hydrogen (secondary N) is 1. The Hall–Kier alpha value is -2.67. The summed E-state index contributed by atoms with van der Waals surface area (Å²) in [5.74, 6) is 0. The van der Waals surface area contributed by atoms with Crippen molar-refractivity contribution in [1.82, 2.24) is 4.98 Å². The Morgan fingerprint density at radius 1 is 1.04 bits per heavy atom. The molecule has 1 N–H and O–H groups in total. The number of hydrazone groups is 1. The van der Waals surface area contributed by atoms with E-state index in [1.54, 1.807) is 0 Å². The van der Waals surface area contributed by atoms with E-state index in [1.165, 1.54) is 35.2 Å². The lowest BCUT2D eigenvalue weighted by molar-refractivity contribution is -0.137. The van der Waals surface area contributed by atoms with Gasteiger partial charge in [0.15, 0.2) is 0 Å². The first-order valence-electron chi connectivity index (χ1n) is 8.24. The highest BCUT2D eigenvalue weighted by molar-refractivity contribution is 7.14. The maximum atomic E-state index is 12.6. The van der Waals surface area contributed by atoms with E-state index in [-0.39, 0.29) is 0 Å². The molecule has 0 saturated carbocycles. The number of rotatable bonds is 4. The number of nitrogens with zero attached hydrogens (tertiary/aromatic N) is 2. The molecule has 0 fully saturated rings. The van der Waals surface area contributed by atoms with Gasteiger partial charge in [-0.15, -0.1) is 11.3 Å². The minimum atomic E-state index is -4.34. The topological polar surface area (TPSA) is 37.3 Å². The van der Waals surface area contributed by atoms with Crippen LogP contribution in [0.15, 0.2) is 46.9 Å². The van der Waals surface area contributed by atoms with Crippen LogP contribution in [-0.4, -0.2) is 11.2 Å². The molecule has 3 aromatic rings. The summed E-state index contributed by atoms with van der Waals surface area (Å²) >= 11 is 1.42. The molecule has 0 saturated heterocycles. The molecule has 0 amide bonds. The molecule has 27 heavy (non-hydrogen) atoms. The van der Waals surface area contributed by atoms with Crippen molar-refractivity contribution in [3.63, 3.8) is 0 Å². The molecule has 0 aliphatic heterocycles. The third-order valence-electron chi connectivity index (χ3n) is 4.05. The Bertz CT molecular complexity index is 950. The van der Waals surface area contributed by atoms with Crippen LogP contribution in [0.3, 0.4) is 0 Å². The fraction of sp³-hybridized carbons (Fsp3) is 0.200. The van der Waals surface area contributed by atoms with Gasteiger partial charge in [-0.25, -0.2) is 4.98 Å². The van der Waals surface area contributed by atoms with Crippen molar-refractivity contribution in [2.24, 2.45) is 5.10 Å². The van der Waals surface area contributed by atoms with E-state index in [0.717, 1.165) is 34.5 Å². The van der Waals surface area contributed by atoms with E-state index in [2.05, 4.69) is 48.4 Å². The van der Waals surface area contributed by atoms with Crippen molar-refractivity contribution >= 4 is 22.7 Å². The number of hydrogen-bond acceptors (Lipinski definition) is 4. The Labute approximate surface area is 159 Å². The minimum Gasteiger partial charge on any atom is -0.253 e. The van der Waals surface area contributed by atoms with E-state index in [9.17, 15) is 13.2 Å². The van der Waals surface area contributed by atoms with Crippen LogP contribution in [0.5, 0.6) is 0 Å². The van der Waals surface area contributed by atoms with Gasteiger partial charge in [-0.2, -0.15) is 18.3 Å². The lowest BCUT2D eigenvalue weighted by atomic mass is 9.98. The number of hydrogen-bond donors (Lipinski definition) is 1. The molecular formula is C20H18F3N3S. The molecule has 0 aliphatic rings. The smallest absolute Gasteiger partial charge is 0.253 e. The van der Waals surface area contributed by atoms with Gasteiger partial charge in [-0.1, -0.05) is 29.8 Å². The average Bonchev–Trinajstić information content (AvgIpc) is 3.02. The number of anilines is 1. The highest BCUT2D eigenvalue weighted by atomic mass is 32.1. The molecule has 0 aliphatic carbocycles. The Morgan fingerprint density at radius 3 is 2.26 bits per heavy atom. The van der Waals surface area contributed by atoms with E-state index >= 15 is 0 Å². The molecule has 2 aromatic carbocycles. The zero-order valence-electron chi connectivity index (χ0n) is 15.1. The lowest BCUT2D eigenvalue weighted by Crippen LogP contribution is -2.04. The normalized spacial score (nSPS) is 11.9. The molecule has 3 nitrogen and oxygen atoms in total. The van der Waals surface area contributed by atoms with Crippen molar-refractivity contribution < 1.29 is 13.2 Å². The van der Waals surface area contributed by atoms with Gasteiger partial charge in [0, 0.05) is 10.9 Å². The summed E-state index contributed by atoms with van der Waals surface area (Å²) in [6.45, 7) is 6.18. The van der Waals surface area contributed by atoms with Gasteiger partial charge in [0.25, 0.3) is 0 Å². The van der Waals surface area contributed by atoms with Crippen molar-refractivity contribution in [3.05, 3.63) is 69.6 Å². The van der Waals surface area contributed by atoms with Crippen LogP contribution in [0.2, 0.25) is 0 Å². The van der Waals surface area contributed by atoms with Crippen molar-refractivity contribution in [3.8, 4) is 11.3 Å². The first-order chi connectivity index (χ1) is 12.7. The summed E-state index contributed by atoms with van der Waals surface area (Å²) in [7, 11) is 0. The molecule has 0 radical (unpaired) electrons. The average molecular weight is 389 g/mol. The zero-order chi connectivity index (χ0) is 19.6. The molecule has 0 bridgehead atoms. The Morgan fingerprint density at radius 2 is 1.67 bits per heavy atom. The quantitative estimate of drug-likeness (QED) is 0.426. The number of halogens is 3. The van der Waals surface area contributed by atoms with E-state index in [1.807, 2.05) is 5.38 Å². The van der Waals surface area contributed by atoms with Gasteiger partial charge in [0.2, 0.25) is 5.13 Å². The van der Waals surface area contributed by atoms with Gasteiger partial charge in [-0.3, -0.25) is 5.43 Å². The van der Waals surface area contributed by atoms with Crippen LogP contribution in [0, 0.1) is 20.8 Å². The first-order valence-corrected chi connectivity index (χ1v) is 9.12. The van der Waals surface area contributed by atoms with Crippen molar-refractivity contribution in [2.45, 2.75) is 26.9 Å². The Balaban J connectivity index is 1.71. The fourth-order valence-corrected chi connectivity index (χ4v) is 3.59. The van der Waals surface area contributed by atoms with Crippen LogP contribution < -0.4 is 5.43 Å². The summed E-state index contributed by atoms with van der Waals surface area (Å²) in [6, 6.07) is 9.06. The van der Waals surface area contributed by atoms with Gasteiger partial charge < -0.3 is 0 Å². The summed E-state index contributed by atoms with van der Waals surface area (Å²) < 4.78 is 37.7. The monoisotopic (exact) mass is 389 g/mol. The molecular weight excluding hydrogens is 371 g/mol. The third-order valence-corrected chi connectivity index (χ3v) is 4.80. The molecule has 1 heterocycles. The van der Waals surface area contributed by atoms with E-state index in [4.69, 9.17) is 0 Å². The zero-order valence-corrected chi connectivity index (χ0v) is 15.9. The molecule has 140 valence electrons. The summed E-state index contributed by atoms with van der Waals surface area (Å²) in [4.78, 5) is 4.55. The van der Waals surface area contributed by atoms with Gasteiger partial charge in [0.05, 0.1) is 17.5 Å². The predicted molar refractivity (Wildman–Crippen MR) is 104 cm³/mol. The van der Waals surface area contributed by atoms with Gasteiger partial charge in [0.1, 0.15) is 0 Å². The molecule has 3 rings (SSSR count). The van der Waals surface area contributed by atoms with Crippen LogP contribution in [-0.2, 0) is 6.18 Å². The van der Waals surface area contributed by atoms with E-state index in [0.29, 0.717) is 10.7 Å². The SMILES string of the molecule is Cc1cc(C)c(-c2csc(N/N=C\c3ccc(C(F)(F)F)cc3)n2)c(C)c1. The largest absolute Gasteiger partial charge is 0.416 e. The highest BCUT2D eigenvalue weighted by Gasteiger charge is 2.29. The number of aromatic nitrogens is 1. The number of aryl methyl sites for hydroxylation is 3.